The Kier molecular flexibility index (Phi) is 6.06. The number of nitrogens with zero attached hydrogens (tertiary/aromatic N) is 1. The molecule has 0 fully saturated rings. The van der Waals surface area contributed by atoms with Gasteiger partial charge < -0.3 is 5.73 Å². The van der Waals surface area contributed by atoms with E-state index < -0.39 is 0 Å². The number of hydrogen-bond acceptors (Lipinski definition) is 2. The van der Waals surface area contributed by atoms with Gasteiger partial charge in [0, 0.05) is 18.3 Å². The summed E-state index contributed by atoms with van der Waals surface area (Å²) in [5.74, 6) is 0. The Morgan fingerprint density at radius 2 is 1.76 bits per heavy atom. The van der Waals surface area contributed by atoms with Gasteiger partial charge in [-0.25, -0.2) is 0 Å². The van der Waals surface area contributed by atoms with E-state index in [0.717, 1.165) is 18.8 Å². The molecule has 0 saturated carbocycles. The predicted molar refractivity (Wildman–Crippen MR) is 75.9 cm³/mol. The second kappa shape index (κ2) is 7.33. The van der Waals surface area contributed by atoms with Gasteiger partial charge in [-0.05, 0) is 37.4 Å². The number of para-hydroxylation sites is 1. The van der Waals surface area contributed by atoms with Gasteiger partial charge >= 0.3 is 0 Å². The van der Waals surface area contributed by atoms with Crippen molar-refractivity contribution in [2.45, 2.75) is 52.6 Å². The molecular weight excluding hydrogens is 208 g/mol. The smallest absolute Gasteiger partial charge is 0.0359 e. The highest BCUT2D eigenvalue weighted by atomic mass is 15.1. The molecule has 0 saturated heterocycles. The van der Waals surface area contributed by atoms with E-state index in [-0.39, 0.29) is 0 Å². The van der Waals surface area contributed by atoms with Crippen LogP contribution in [0.3, 0.4) is 0 Å². The van der Waals surface area contributed by atoms with E-state index in [1.807, 2.05) is 12.1 Å². The summed E-state index contributed by atoms with van der Waals surface area (Å²) in [4.78, 5) is 2.56. The molecule has 0 radical (unpaired) electrons. The van der Waals surface area contributed by atoms with E-state index in [2.05, 4.69) is 37.8 Å². The van der Waals surface area contributed by atoms with Crippen LogP contribution in [0.5, 0.6) is 0 Å². The molecule has 1 rings (SSSR count). The quantitative estimate of drug-likeness (QED) is 0.729. The summed E-state index contributed by atoms with van der Waals surface area (Å²) in [6.07, 6.45) is 3.62. The number of anilines is 1. The van der Waals surface area contributed by atoms with Crippen LogP contribution < -0.4 is 5.73 Å². The van der Waals surface area contributed by atoms with Crippen molar-refractivity contribution >= 4 is 5.69 Å². The van der Waals surface area contributed by atoms with Crippen LogP contribution in [-0.2, 0) is 6.54 Å². The molecule has 0 heterocycles. The monoisotopic (exact) mass is 234 g/mol. The lowest BCUT2D eigenvalue weighted by atomic mass is 10.1. The Balaban J connectivity index is 2.75. The number of hydrogen-bond donors (Lipinski definition) is 1. The van der Waals surface area contributed by atoms with Crippen molar-refractivity contribution in [3.8, 4) is 0 Å². The Morgan fingerprint density at radius 1 is 1.12 bits per heavy atom. The summed E-state index contributed by atoms with van der Waals surface area (Å²) in [7, 11) is 0. The van der Waals surface area contributed by atoms with Crippen LogP contribution in [-0.4, -0.2) is 17.5 Å². The highest BCUT2D eigenvalue weighted by Crippen LogP contribution is 2.18. The predicted octanol–water partition coefficient (Wildman–Crippen LogP) is 3.67. The second-order valence-corrected chi connectivity index (χ2v) is 4.64. The second-order valence-electron chi connectivity index (χ2n) is 4.64. The molecule has 1 aromatic rings. The van der Waals surface area contributed by atoms with Gasteiger partial charge in [0.2, 0.25) is 0 Å². The Bertz CT molecular complexity index is 318. The molecule has 2 nitrogen and oxygen atoms in total. The standard InChI is InChI=1S/C15H26N2/c1-4-11-17(14(5-2)6-3)12-13-9-7-8-10-15(13)16/h7-10,14H,4-6,11-12,16H2,1-3H3. The zero-order chi connectivity index (χ0) is 12.7. The minimum Gasteiger partial charge on any atom is -0.398 e. The average Bonchev–Trinajstić information content (AvgIpc) is 2.34. The van der Waals surface area contributed by atoms with Crippen LogP contribution in [0.2, 0.25) is 0 Å². The van der Waals surface area contributed by atoms with Gasteiger partial charge in [-0.2, -0.15) is 0 Å². The minimum atomic E-state index is 0.676. The van der Waals surface area contributed by atoms with E-state index in [9.17, 15) is 0 Å². The number of nitrogen functional groups attached to an aromatic ring is 1. The first kappa shape index (κ1) is 14.0. The molecule has 96 valence electrons. The van der Waals surface area contributed by atoms with Crippen molar-refractivity contribution in [3.05, 3.63) is 29.8 Å². The van der Waals surface area contributed by atoms with Gasteiger partial charge in [0.25, 0.3) is 0 Å². The van der Waals surface area contributed by atoms with E-state index in [1.165, 1.54) is 24.8 Å². The van der Waals surface area contributed by atoms with Crippen LogP contribution >= 0.6 is 0 Å². The molecule has 0 amide bonds. The van der Waals surface area contributed by atoms with Gasteiger partial charge in [-0.3, -0.25) is 4.90 Å². The first-order valence-electron chi connectivity index (χ1n) is 6.80. The van der Waals surface area contributed by atoms with Crippen LogP contribution in [0.4, 0.5) is 5.69 Å². The Labute approximate surface area is 106 Å². The maximum absolute atomic E-state index is 6.02. The Morgan fingerprint density at radius 3 is 2.29 bits per heavy atom. The third-order valence-electron chi connectivity index (χ3n) is 3.40. The molecule has 0 spiro atoms. The summed E-state index contributed by atoms with van der Waals surface area (Å²) in [5.41, 5.74) is 8.19. The normalized spacial score (nSPS) is 11.4. The third kappa shape index (κ3) is 4.04. The average molecular weight is 234 g/mol. The van der Waals surface area contributed by atoms with Gasteiger partial charge in [0.1, 0.15) is 0 Å². The van der Waals surface area contributed by atoms with E-state index in [4.69, 9.17) is 5.73 Å². The van der Waals surface area contributed by atoms with Gasteiger partial charge in [-0.15, -0.1) is 0 Å². The number of rotatable bonds is 7. The summed E-state index contributed by atoms with van der Waals surface area (Å²) in [6.45, 7) is 8.91. The van der Waals surface area contributed by atoms with Crippen LogP contribution in [0.15, 0.2) is 24.3 Å². The van der Waals surface area contributed by atoms with Crippen molar-refractivity contribution in [1.29, 1.82) is 0 Å². The maximum atomic E-state index is 6.02. The van der Waals surface area contributed by atoms with Crippen LogP contribution in [0, 0.1) is 0 Å². The summed E-state index contributed by atoms with van der Waals surface area (Å²) < 4.78 is 0. The molecule has 0 aliphatic rings. The van der Waals surface area contributed by atoms with Crippen LogP contribution in [0.25, 0.3) is 0 Å². The summed E-state index contributed by atoms with van der Waals surface area (Å²) in [6, 6.07) is 8.88. The molecule has 0 bridgehead atoms. The van der Waals surface area contributed by atoms with Crippen molar-refractivity contribution < 1.29 is 0 Å². The molecule has 0 aliphatic carbocycles. The van der Waals surface area contributed by atoms with E-state index >= 15 is 0 Å². The van der Waals surface area contributed by atoms with Crippen molar-refractivity contribution in [3.63, 3.8) is 0 Å². The fourth-order valence-electron chi connectivity index (χ4n) is 2.38. The van der Waals surface area contributed by atoms with Gasteiger partial charge in [-0.1, -0.05) is 39.0 Å². The third-order valence-corrected chi connectivity index (χ3v) is 3.40. The maximum Gasteiger partial charge on any atom is 0.0359 e. The SMILES string of the molecule is CCCN(Cc1ccccc1N)C(CC)CC. The summed E-state index contributed by atoms with van der Waals surface area (Å²) in [5, 5.41) is 0. The molecule has 1 aromatic carbocycles. The lowest BCUT2D eigenvalue weighted by molar-refractivity contribution is 0.177. The number of nitrogens with two attached hydrogens (primary N) is 1. The van der Waals surface area contributed by atoms with E-state index in [1.54, 1.807) is 0 Å². The fraction of sp³-hybridized carbons (Fsp3) is 0.600. The molecule has 0 aliphatic heterocycles. The van der Waals surface area contributed by atoms with Crippen molar-refractivity contribution in [2.24, 2.45) is 0 Å². The topological polar surface area (TPSA) is 29.3 Å². The first-order valence-corrected chi connectivity index (χ1v) is 6.80. The molecular formula is C15H26N2. The lowest BCUT2D eigenvalue weighted by Crippen LogP contribution is -2.34. The van der Waals surface area contributed by atoms with Crippen LogP contribution in [0.1, 0.15) is 45.6 Å². The molecule has 2 N–H and O–H groups in total. The molecule has 0 aromatic heterocycles. The first-order chi connectivity index (χ1) is 8.22. The number of benzene rings is 1. The van der Waals surface area contributed by atoms with Gasteiger partial charge in [0.15, 0.2) is 0 Å². The molecule has 17 heavy (non-hydrogen) atoms. The summed E-state index contributed by atoms with van der Waals surface area (Å²) >= 11 is 0. The van der Waals surface area contributed by atoms with Gasteiger partial charge in [0.05, 0.1) is 0 Å². The lowest BCUT2D eigenvalue weighted by Gasteiger charge is -2.30. The zero-order valence-corrected chi connectivity index (χ0v) is 11.4. The largest absolute Gasteiger partial charge is 0.398 e. The zero-order valence-electron chi connectivity index (χ0n) is 11.4. The molecule has 2 heteroatoms. The highest BCUT2D eigenvalue weighted by molar-refractivity contribution is 5.46. The minimum absolute atomic E-state index is 0.676. The Hall–Kier alpha value is -1.02. The molecule has 0 atom stereocenters. The van der Waals surface area contributed by atoms with E-state index in [0.29, 0.717) is 6.04 Å². The van der Waals surface area contributed by atoms with Crippen molar-refractivity contribution in [2.75, 3.05) is 12.3 Å². The highest BCUT2D eigenvalue weighted by Gasteiger charge is 2.15. The fourth-order valence-corrected chi connectivity index (χ4v) is 2.38. The molecule has 0 unspecified atom stereocenters. The van der Waals surface area contributed by atoms with Crippen molar-refractivity contribution in [1.82, 2.24) is 4.90 Å².